The van der Waals surface area contributed by atoms with Crippen LogP contribution in [0.15, 0.2) is 41.7 Å². The Bertz CT molecular complexity index is 854. The molecule has 2 aromatic rings. The lowest BCUT2D eigenvalue weighted by Gasteiger charge is -2.42. The van der Waals surface area contributed by atoms with Crippen molar-refractivity contribution in [1.82, 2.24) is 9.88 Å². The summed E-state index contributed by atoms with van der Waals surface area (Å²) in [7, 11) is 0. The maximum absolute atomic E-state index is 14.0. The van der Waals surface area contributed by atoms with Gasteiger partial charge in [0.25, 0.3) is 0 Å². The minimum absolute atomic E-state index is 0.00469. The molecule has 0 bridgehead atoms. The van der Waals surface area contributed by atoms with Gasteiger partial charge in [0.1, 0.15) is 0 Å². The van der Waals surface area contributed by atoms with Crippen LogP contribution in [0.25, 0.3) is 0 Å². The zero-order valence-corrected chi connectivity index (χ0v) is 15.5. The van der Waals surface area contributed by atoms with Gasteiger partial charge in [-0.2, -0.15) is 0 Å². The molecule has 1 saturated carbocycles. The number of oxime groups is 1. The Morgan fingerprint density at radius 3 is 2.57 bits per heavy atom. The third-order valence-electron chi connectivity index (χ3n) is 5.82. The average Bonchev–Trinajstić information content (AvgIpc) is 2.72. The molecule has 148 valence electrons. The molecule has 2 fully saturated rings. The van der Waals surface area contributed by atoms with Gasteiger partial charge in [-0.1, -0.05) is 30.5 Å². The first-order chi connectivity index (χ1) is 13.7. The molecule has 1 saturated heterocycles. The van der Waals surface area contributed by atoms with Crippen LogP contribution in [0, 0.1) is 23.5 Å². The highest BCUT2D eigenvalue weighted by atomic mass is 19.1. The fourth-order valence-corrected chi connectivity index (χ4v) is 4.40. The number of benzene rings is 1. The molecule has 2 atom stereocenters. The lowest BCUT2D eigenvalue weighted by molar-refractivity contribution is 0.127. The number of fused-ring (bicyclic) bond motifs is 1. The summed E-state index contributed by atoms with van der Waals surface area (Å²) in [6.07, 6.45) is 7.47. The number of piperidine rings is 1. The summed E-state index contributed by atoms with van der Waals surface area (Å²) in [4.78, 5) is 6.15. The molecule has 1 aliphatic carbocycles. The van der Waals surface area contributed by atoms with Gasteiger partial charge in [-0.15, -0.1) is 0 Å². The van der Waals surface area contributed by atoms with E-state index in [1.54, 1.807) is 12.1 Å². The van der Waals surface area contributed by atoms with E-state index in [1.807, 2.05) is 4.90 Å². The van der Waals surface area contributed by atoms with E-state index < -0.39 is 17.4 Å². The standard InChI is InChI=1S/C21H23F2N3O2/c22-17-8-3-9-18(23)19(17)28-21-16(7-4-11-24-21)20(25-27)26-12-10-14-5-1-2-6-15(14)13-26/h3-4,7-9,11,14-15,27H,1-2,5-6,10,12-13H2/b25-20-. The van der Waals surface area contributed by atoms with Crippen LogP contribution in [0.5, 0.6) is 11.6 Å². The van der Waals surface area contributed by atoms with Crippen LogP contribution < -0.4 is 4.74 Å². The molecule has 7 heteroatoms. The minimum Gasteiger partial charge on any atom is -0.432 e. The molecule has 28 heavy (non-hydrogen) atoms. The summed E-state index contributed by atoms with van der Waals surface area (Å²) in [5.41, 5.74) is 0.405. The fourth-order valence-electron chi connectivity index (χ4n) is 4.40. The number of para-hydroxylation sites is 1. The zero-order chi connectivity index (χ0) is 19.5. The third-order valence-corrected chi connectivity index (χ3v) is 5.82. The van der Waals surface area contributed by atoms with Crippen molar-refractivity contribution in [1.29, 1.82) is 0 Å². The maximum Gasteiger partial charge on any atom is 0.230 e. The van der Waals surface area contributed by atoms with Crippen LogP contribution in [0.3, 0.4) is 0 Å². The van der Waals surface area contributed by atoms with Crippen molar-refractivity contribution in [2.24, 2.45) is 17.0 Å². The molecule has 1 aromatic carbocycles. The predicted octanol–water partition coefficient (Wildman–Crippen LogP) is 4.80. The summed E-state index contributed by atoms with van der Waals surface area (Å²) in [5, 5.41) is 13.2. The van der Waals surface area contributed by atoms with Gasteiger partial charge in [-0.3, -0.25) is 0 Å². The van der Waals surface area contributed by atoms with Crippen molar-refractivity contribution >= 4 is 5.84 Å². The number of rotatable bonds is 3. The van der Waals surface area contributed by atoms with E-state index >= 15 is 0 Å². The summed E-state index contributed by atoms with van der Waals surface area (Å²) in [5.74, 6) is -0.532. The predicted molar refractivity (Wildman–Crippen MR) is 101 cm³/mol. The monoisotopic (exact) mass is 387 g/mol. The van der Waals surface area contributed by atoms with Gasteiger partial charge in [-0.05, 0) is 48.9 Å². The Labute approximate surface area is 162 Å². The zero-order valence-electron chi connectivity index (χ0n) is 15.5. The summed E-state index contributed by atoms with van der Waals surface area (Å²) in [6, 6.07) is 6.87. The number of hydrogen-bond acceptors (Lipinski definition) is 4. The summed E-state index contributed by atoms with van der Waals surface area (Å²) >= 11 is 0. The van der Waals surface area contributed by atoms with Crippen LogP contribution in [-0.4, -0.2) is 34.0 Å². The third kappa shape index (κ3) is 3.66. The van der Waals surface area contributed by atoms with Crippen molar-refractivity contribution in [3.8, 4) is 11.6 Å². The van der Waals surface area contributed by atoms with Gasteiger partial charge < -0.3 is 14.8 Å². The summed E-state index contributed by atoms with van der Waals surface area (Å²) in [6.45, 7) is 1.56. The molecule has 4 rings (SSSR count). The Hall–Kier alpha value is -2.70. The van der Waals surface area contributed by atoms with E-state index in [0.29, 0.717) is 17.3 Å². The summed E-state index contributed by atoms with van der Waals surface area (Å²) < 4.78 is 33.5. The second-order valence-electron chi connectivity index (χ2n) is 7.47. The molecule has 0 spiro atoms. The number of likely N-dealkylation sites (tertiary alicyclic amines) is 1. The topological polar surface area (TPSA) is 58.0 Å². The van der Waals surface area contributed by atoms with Crippen molar-refractivity contribution in [2.45, 2.75) is 32.1 Å². The first-order valence-corrected chi connectivity index (χ1v) is 9.71. The Morgan fingerprint density at radius 1 is 1.07 bits per heavy atom. The quantitative estimate of drug-likeness (QED) is 0.356. The van der Waals surface area contributed by atoms with Crippen molar-refractivity contribution in [3.63, 3.8) is 0 Å². The van der Waals surface area contributed by atoms with Crippen LogP contribution in [0.4, 0.5) is 8.78 Å². The van der Waals surface area contributed by atoms with Crippen LogP contribution in [0.1, 0.15) is 37.7 Å². The van der Waals surface area contributed by atoms with Crippen molar-refractivity contribution in [2.75, 3.05) is 13.1 Å². The SMILES string of the molecule is O/N=C(/c1cccnc1Oc1c(F)cccc1F)N1CCC2CCCCC2C1. The van der Waals surface area contributed by atoms with Gasteiger partial charge in [0, 0.05) is 19.3 Å². The van der Waals surface area contributed by atoms with E-state index in [1.165, 1.54) is 37.9 Å². The molecule has 0 radical (unpaired) electrons. The van der Waals surface area contributed by atoms with E-state index in [9.17, 15) is 14.0 Å². The Morgan fingerprint density at radius 2 is 1.82 bits per heavy atom. The average molecular weight is 387 g/mol. The number of aromatic nitrogens is 1. The number of ether oxygens (including phenoxy) is 1. The normalized spacial score (nSPS) is 22.6. The van der Waals surface area contributed by atoms with Crippen molar-refractivity contribution in [3.05, 3.63) is 53.7 Å². The molecule has 0 amide bonds. The number of nitrogens with zero attached hydrogens (tertiary/aromatic N) is 3. The molecule has 1 N–H and O–H groups in total. The van der Waals surface area contributed by atoms with E-state index in [4.69, 9.17) is 4.74 Å². The number of halogens is 2. The number of hydrogen-bond donors (Lipinski definition) is 1. The molecule has 2 heterocycles. The van der Waals surface area contributed by atoms with Gasteiger partial charge in [0.15, 0.2) is 17.5 Å². The lowest BCUT2D eigenvalue weighted by Crippen LogP contribution is -2.45. The van der Waals surface area contributed by atoms with Crippen LogP contribution in [0.2, 0.25) is 0 Å². The smallest absolute Gasteiger partial charge is 0.230 e. The van der Waals surface area contributed by atoms with Gasteiger partial charge in [0.05, 0.1) is 5.56 Å². The second-order valence-corrected chi connectivity index (χ2v) is 7.47. The van der Waals surface area contributed by atoms with E-state index in [2.05, 4.69) is 10.1 Å². The molecule has 2 aliphatic rings. The minimum atomic E-state index is -0.817. The number of pyridine rings is 1. The molecular formula is C21H23F2N3O2. The molecule has 1 aliphatic heterocycles. The van der Waals surface area contributed by atoms with Crippen LogP contribution >= 0.6 is 0 Å². The maximum atomic E-state index is 14.0. The second kappa shape index (κ2) is 8.12. The first-order valence-electron chi connectivity index (χ1n) is 9.71. The largest absolute Gasteiger partial charge is 0.432 e. The highest BCUT2D eigenvalue weighted by Crippen LogP contribution is 2.37. The molecule has 5 nitrogen and oxygen atoms in total. The highest BCUT2D eigenvalue weighted by Gasteiger charge is 2.33. The van der Waals surface area contributed by atoms with Crippen LogP contribution in [-0.2, 0) is 0 Å². The van der Waals surface area contributed by atoms with Gasteiger partial charge in [-0.25, -0.2) is 13.8 Å². The highest BCUT2D eigenvalue weighted by molar-refractivity contribution is 6.00. The van der Waals surface area contributed by atoms with Crippen molar-refractivity contribution < 1.29 is 18.7 Å². The Kier molecular flexibility index (Phi) is 5.41. The van der Waals surface area contributed by atoms with E-state index in [-0.39, 0.29) is 5.88 Å². The molecule has 2 unspecified atom stereocenters. The number of amidine groups is 1. The van der Waals surface area contributed by atoms with Gasteiger partial charge >= 0.3 is 0 Å². The Balaban J connectivity index is 1.61. The lowest BCUT2D eigenvalue weighted by atomic mass is 9.75. The molecular weight excluding hydrogens is 364 g/mol. The van der Waals surface area contributed by atoms with Gasteiger partial charge in [0.2, 0.25) is 11.6 Å². The first kappa shape index (κ1) is 18.7. The van der Waals surface area contributed by atoms with E-state index in [0.717, 1.165) is 37.6 Å². The fraction of sp³-hybridized carbons (Fsp3) is 0.429. The molecule has 1 aromatic heterocycles.